The van der Waals surface area contributed by atoms with E-state index in [1.54, 1.807) is 0 Å². The van der Waals surface area contributed by atoms with Gasteiger partial charge in [-0.3, -0.25) is 0 Å². The van der Waals surface area contributed by atoms with Gasteiger partial charge in [-0.15, -0.1) is 0 Å². The highest BCUT2D eigenvalue weighted by molar-refractivity contribution is 5.88. The Labute approximate surface area is 108 Å². The highest BCUT2D eigenvalue weighted by Gasteiger charge is 2.18. The van der Waals surface area contributed by atoms with Crippen molar-refractivity contribution < 1.29 is 5.21 Å². The molecule has 1 aromatic rings. The molecule has 94 valence electrons. The number of allylic oxidation sites excluding steroid dienone is 2. The topological polar surface area (TPSA) is 35.8 Å². The summed E-state index contributed by atoms with van der Waals surface area (Å²) in [5.74, 6) is 0. The molecular formula is C15H18N2O. The smallest absolute Gasteiger partial charge is 0.0889 e. The van der Waals surface area contributed by atoms with E-state index in [2.05, 4.69) is 41.2 Å². The molecule has 0 aliphatic carbocycles. The summed E-state index contributed by atoms with van der Waals surface area (Å²) in [6, 6.07) is 8.51. The van der Waals surface area contributed by atoms with Crippen LogP contribution in [0.25, 0.3) is 0 Å². The average Bonchev–Trinajstić information content (AvgIpc) is 2.41. The Morgan fingerprint density at radius 2 is 2.00 bits per heavy atom. The van der Waals surface area contributed by atoms with Crippen molar-refractivity contribution in [1.82, 2.24) is 4.90 Å². The van der Waals surface area contributed by atoms with Crippen molar-refractivity contribution in [3.05, 3.63) is 59.8 Å². The van der Waals surface area contributed by atoms with Gasteiger partial charge in [0.2, 0.25) is 0 Å². The lowest BCUT2D eigenvalue weighted by Gasteiger charge is -2.29. The largest absolute Gasteiger partial charge is 0.411 e. The van der Waals surface area contributed by atoms with Gasteiger partial charge >= 0.3 is 0 Å². The van der Waals surface area contributed by atoms with E-state index < -0.39 is 0 Å². The van der Waals surface area contributed by atoms with Crippen LogP contribution in [0.1, 0.15) is 18.1 Å². The first-order valence-corrected chi connectivity index (χ1v) is 6.05. The lowest BCUT2D eigenvalue weighted by atomic mass is 10.1. The number of nitrogens with zero attached hydrogens (tertiary/aromatic N) is 2. The molecule has 3 heteroatoms. The molecule has 0 amide bonds. The van der Waals surface area contributed by atoms with Crippen LogP contribution in [0, 0.1) is 6.92 Å². The van der Waals surface area contributed by atoms with E-state index in [1.807, 2.05) is 31.4 Å². The fourth-order valence-corrected chi connectivity index (χ4v) is 2.03. The van der Waals surface area contributed by atoms with Gasteiger partial charge in [0.25, 0.3) is 0 Å². The molecule has 0 fully saturated rings. The van der Waals surface area contributed by atoms with Crippen molar-refractivity contribution in [2.45, 2.75) is 26.4 Å². The van der Waals surface area contributed by atoms with Gasteiger partial charge < -0.3 is 10.1 Å². The molecule has 0 saturated heterocycles. The summed E-state index contributed by atoms with van der Waals surface area (Å²) in [6.45, 7) is 4.72. The van der Waals surface area contributed by atoms with Gasteiger partial charge in [0.15, 0.2) is 0 Å². The van der Waals surface area contributed by atoms with Crippen LogP contribution in [0.2, 0.25) is 0 Å². The Morgan fingerprint density at radius 3 is 2.67 bits per heavy atom. The van der Waals surface area contributed by atoms with Crippen molar-refractivity contribution in [3.63, 3.8) is 0 Å². The van der Waals surface area contributed by atoms with Gasteiger partial charge in [-0.2, -0.15) is 0 Å². The number of rotatable bonds is 3. The summed E-state index contributed by atoms with van der Waals surface area (Å²) < 4.78 is 0. The van der Waals surface area contributed by atoms with E-state index in [-0.39, 0.29) is 6.04 Å². The zero-order valence-electron chi connectivity index (χ0n) is 10.7. The van der Waals surface area contributed by atoms with E-state index in [4.69, 9.17) is 5.21 Å². The zero-order chi connectivity index (χ0) is 13.0. The third-order valence-electron chi connectivity index (χ3n) is 3.11. The molecule has 1 aliphatic rings. The molecule has 0 radical (unpaired) electrons. The van der Waals surface area contributed by atoms with Crippen molar-refractivity contribution in [2.24, 2.45) is 5.16 Å². The van der Waals surface area contributed by atoms with Gasteiger partial charge in [-0.25, -0.2) is 0 Å². The first kappa shape index (κ1) is 12.4. The minimum absolute atomic E-state index is 0.0290. The molecule has 1 atom stereocenters. The monoisotopic (exact) mass is 242 g/mol. The molecule has 2 rings (SSSR count). The predicted octanol–water partition coefficient (Wildman–Crippen LogP) is 3.10. The number of hydrogen-bond donors (Lipinski definition) is 1. The van der Waals surface area contributed by atoms with E-state index in [0.717, 1.165) is 6.54 Å². The molecule has 1 unspecified atom stereocenters. The SMILES string of the molecule is C/C(=N\O)C1C=CC=CN1Cc1ccc(C)cc1. The van der Waals surface area contributed by atoms with Gasteiger partial charge in [0.1, 0.15) is 0 Å². The molecule has 0 aromatic heterocycles. The maximum atomic E-state index is 8.91. The summed E-state index contributed by atoms with van der Waals surface area (Å²) in [6.07, 6.45) is 8.03. The molecule has 1 N–H and O–H groups in total. The molecule has 1 aromatic carbocycles. The molecule has 18 heavy (non-hydrogen) atoms. The number of benzene rings is 1. The highest BCUT2D eigenvalue weighted by Crippen LogP contribution is 2.15. The van der Waals surface area contributed by atoms with Crippen LogP contribution >= 0.6 is 0 Å². The molecule has 0 bridgehead atoms. The Balaban J connectivity index is 2.14. The van der Waals surface area contributed by atoms with Crippen molar-refractivity contribution in [3.8, 4) is 0 Å². The van der Waals surface area contributed by atoms with Crippen LogP contribution in [0.5, 0.6) is 0 Å². The van der Waals surface area contributed by atoms with Crippen LogP contribution < -0.4 is 0 Å². The summed E-state index contributed by atoms with van der Waals surface area (Å²) >= 11 is 0. The normalized spacial score (nSPS) is 19.3. The minimum Gasteiger partial charge on any atom is -0.411 e. The average molecular weight is 242 g/mol. The Morgan fingerprint density at radius 1 is 1.28 bits per heavy atom. The van der Waals surface area contributed by atoms with Crippen LogP contribution in [0.3, 0.4) is 0 Å². The first-order valence-electron chi connectivity index (χ1n) is 6.05. The predicted molar refractivity (Wildman–Crippen MR) is 73.7 cm³/mol. The molecule has 0 spiro atoms. The lowest BCUT2D eigenvalue weighted by Crippen LogP contribution is -2.35. The molecule has 0 saturated carbocycles. The second-order valence-electron chi connectivity index (χ2n) is 4.57. The Kier molecular flexibility index (Phi) is 3.82. The van der Waals surface area contributed by atoms with Crippen LogP contribution in [0.4, 0.5) is 0 Å². The third-order valence-corrected chi connectivity index (χ3v) is 3.11. The summed E-state index contributed by atoms with van der Waals surface area (Å²) in [7, 11) is 0. The van der Waals surface area contributed by atoms with E-state index in [1.165, 1.54) is 11.1 Å². The quantitative estimate of drug-likeness (QED) is 0.502. The maximum absolute atomic E-state index is 8.91. The fourth-order valence-electron chi connectivity index (χ4n) is 2.03. The molecule has 1 heterocycles. The van der Waals surface area contributed by atoms with Gasteiger partial charge in [-0.1, -0.05) is 47.1 Å². The van der Waals surface area contributed by atoms with E-state index in [9.17, 15) is 0 Å². The third kappa shape index (κ3) is 2.80. The standard InChI is InChI=1S/C15H18N2O/c1-12-6-8-14(9-7-12)11-17-10-4-3-5-15(17)13(2)16-18/h3-10,15,18H,11H2,1-2H3/b16-13+. The van der Waals surface area contributed by atoms with Crippen molar-refractivity contribution in [2.75, 3.05) is 0 Å². The summed E-state index contributed by atoms with van der Waals surface area (Å²) in [5, 5.41) is 12.2. The fraction of sp³-hybridized carbons (Fsp3) is 0.267. The number of oxime groups is 1. The van der Waals surface area contributed by atoms with Gasteiger partial charge in [-0.05, 0) is 25.5 Å². The van der Waals surface area contributed by atoms with Gasteiger partial charge in [0, 0.05) is 12.7 Å². The van der Waals surface area contributed by atoms with Crippen molar-refractivity contribution in [1.29, 1.82) is 0 Å². The Bertz CT molecular complexity index is 486. The molecule has 1 aliphatic heterocycles. The Hall–Kier alpha value is -2.03. The molecular weight excluding hydrogens is 224 g/mol. The molecule has 3 nitrogen and oxygen atoms in total. The number of aryl methyl sites for hydroxylation is 1. The number of hydrogen-bond acceptors (Lipinski definition) is 3. The van der Waals surface area contributed by atoms with Crippen LogP contribution in [0.15, 0.2) is 53.8 Å². The zero-order valence-corrected chi connectivity index (χ0v) is 10.7. The maximum Gasteiger partial charge on any atom is 0.0889 e. The summed E-state index contributed by atoms with van der Waals surface area (Å²) in [4.78, 5) is 2.15. The van der Waals surface area contributed by atoms with Crippen LogP contribution in [-0.4, -0.2) is 21.9 Å². The lowest BCUT2D eigenvalue weighted by molar-refractivity contribution is 0.304. The second-order valence-corrected chi connectivity index (χ2v) is 4.57. The van der Waals surface area contributed by atoms with E-state index in [0.29, 0.717) is 5.71 Å². The van der Waals surface area contributed by atoms with Gasteiger partial charge in [0.05, 0.1) is 11.8 Å². The van der Waals surface area contributed by atoms with Crippen molar-refractivity contribution >= 4 is 5.71 Å². The minimum atomic E-state index is 0.0290. The highest BCUT2D eigenvalue weighted by atomic mass is 16.4. The second kappa shape index (κ2) is 5.54. The van der Waals surface area contributed by atoms with Crippen LogP contribution in [-0.2, 0) is 6.54 Å². The first-order chi connectivity index (χ1) is 8.70. The summed E-state index contributed by atoms with van der Waals surface area (Å²) in [5.41, 5.74) is 3.21. The van der Waals surface area contributed by atoms with E-state index >= 15 is 0 Å².